The summed E-state index contributed by atoms with van der Waals surface area (Å²) in [7, 11) is 3.22. The highest BCUT2D eigenvalue weighted by Crippen LogP contribution is 2.30. The molecule has 0 aliphatic heterocycles. The van der Waals surface area contributed by atoms with E-state index in [-0.39, 0.29) is 12.1 Å². The molecule has 0 fully saturated rings. The van der Waals surface area contributed by atoms with Gasteiger partial charge in [-0.25, -0.2) is 4.79 Å². The van der Waals surface area contributed by atoms with Gasteiger partial charge in [0.2, 0.25) is 0 Å². The van der Waals surface area contributed by atoms with E-state index in [0.717, 1.165) is 17.5 Å². The van der Waals surface area contributed by atoms with Crippen molar-refractivity contribution in [2.75, 3.05) is 26.1 Å². The molecule has 0 saturated carbocycles. The van der Waals surface area contributed by atoms with Crippen molar-refractivity contribution in [1.29, 1.82) is 0 Å². The van der Waals surface area contributed by atoms with Crippen molar-refractivity contribution in [2.24, 2.45) is 0 Å². The average molecular weight is 328 g/mol. The fraction of sp³-hybridized carbons (Fsp3) is 0.316. The van der Waals surface area contributed by atoms with E-state index in [4.69, 9.17) is 9.47 Å². The maximum Gasteiger partial charge on any atom is 0.319 e. The Kier molecular flexibility index (Phi) is 6.63. The lowest BCUT2D eigenvalue weighted by molar-refractivity contribution is 0.101. The maximum absolute atomic E-state index is 12.1. The number of anilines is 1. The predicted molar refractivity (Wildman–Crippen MR) is 96.5 cm³/mol. The first-order valence-corrected chi connectivity index (χ1v) is 7.99. The van der Waals surface area contributed by atoms with E-state index in [2.05, 4.69) is 10.6 Å². The number of methoxy groups -OCH3 is 2. The molecule has 2 N–H and O–H groups in total. The molecule has 0 aliphatic rings. The van der Waals surface area contributed by atoms with Gasteiger partial charge in [0.25, 0.3) is 0 Å². The van der Waals surface area contributed by atoms with Crippen molar-refractivity contribution in [3.05, 3.63) is 48.5 Å². The van der Waals surface area contributed by atoms with Crippen LogP contribution in [0, 0.1) is 0 Å². The molecule has 128 valence electrons. The van der Waals surface area contributed by atoms with Gasteiger partial charge in [0, 0.05) is 13.7 Å². The van der Waals surface area contributed by atoms with Gasteiger partial charge in [-0.3, -0.25) is 0 Å². The zero-order valence-corrected chi connectivity index (χ0v) is 14.3. The van der Waals surface area contributed by atoms with Crippen LogP contribution in [0.15, 0.2) is 48.5 Å². The van der Waals surface area contributed by atoms with Crippen LogP contribution in [0.1, 0.15) is 13.3 Å². The molecule has 1 unspecified atom stereocenters. The van der Waals surface area contributed by atoms with Crippen molar-refractivity contribution in [2.45, 2.75) is 19.4 Å². The van der Waals surface area contributed by atoms with E-state index < -0.39 is 0 Å². The molecule has 0 aliphatic carbocycles. The van der Waals surface area contributed by atoms with Crippen LogP contribution in [-0.2, 0) is 4.74 Å². The molecule has 5 nitrogen and oxygen atoms in total. The second-order valence-electron chi connectivity index (χ2n) is 5.38. The third-order valence-corrected chi connectivity index (χ3v) is 3.83. The third-order valence-electron chi connectivity index (χ3n) is 3.83. The van der Waals surface area contributed by atoms with Gasteiger partial charge in [0.1, 0.15) is 5.75 Å². The summed E-state index contributed by atoms with van der Waals surface area (Å²) in [5, 5.41) is 5.66. The van der Waals surface area contributed by atoms with Gasteiger partial charge in [0.05, 0.1) is 18.9 Å². The van der Waals surface area contributed by atoms with Gasteiger partial charge < -0.3 is 20.1 Å². The molecule has 5 heteroatoms. The Hall–Kier alpha value is -2.53. The number of hydrogen-bond donors (Lipinski definition) is 2. The van der Waals surface area contributed by atoms with Crippen LogP contribution in [0.2, 0.25) is 0 Å². The fourth-order valence-corrected chi connectivity index (χ4v) is 2.38. The lowest BCUT2D eigenvalue weighted by Crippen LogP contribution is -2.35. The highest BCUT2D eigenvalue weighted by atomic mass is 16.5. The Morgan fingerprint density at radius 2 is 1.83 bits per heavy atom. The van der Waals surface area contributed by atoms with Gasteiger partial charge in [-0.2, -0.15) is 0 Å². The molecule has 0 radical (unpaired) electrons. The second kappa shape index (κ2) is 8.93. The monoisotopic (exact) mass is 328 g/mol. The number of carbonyl (C=O) groups excluding carboxylic acids is 1. The highest BCUT2D eigenvalue weighted by molar-refractivity contribution is 5.92. The average Bonchev–Trinajstić information content (AvgIpc) is 2.63. The van der Waals surface area contributed by atoms with Gasteiger partial charge in [0.15, 0.2) is 0 Å². The number of benzene rings is 2. The number of amides is 2. The molecule has 0 heterocycles. The van der Waals surface area contributed by atoms with Crippen LogP contribution in [0.3, 0.4) is 0 Å². The predicted octanol–water partition coefficient (Wildman–Crippen LogP) is 3.91. The summed E-state index contributed by atoms with van der Waals surface area (Å²) < 4.78 is 10.6. The maximum atomic E-state index is 12.1. The summed E-state index contributed by atoms with van der Waals surface area (Å²) in [4.78, 5) is 12.1. The normalized spacial score (nSPS) is 11.6. The topological polar surface area (TPSA) is 59.6 Å². The number of ether oxygens (including phenoxy) is 2. The van der Waals surface area contributed by atoms with Crippen LogP contribution < -0.4 is 15.4 Å². The van der Waals surface area contributed by atoms with Gasteiger partial charge >= 0.3 is 6.03 Å². The molecule has 0 bridgehead atoms. The minimum absolute atomic E-state index is 0.00768. The van der Waals surface area contributed by atoms with Crippen LogP contribution in [0.25, 0.3) is 11.1 Å². The van der Waals surface area contributed by atoms with E-state index in [1.807, 2.05) is 55.5 Å². The van der Waals surface area contributed by atoms with Crippen LogP contribution in [-0.4, -0.2) is 32.9 Å². The first-order chi connectivity index (χ1) is 11.7. The summed E-state index contributed by atoms with van der Waals surface area (Å²) in [6, 6.07) is 15.4. The van der Waals surface area contributed by atoms with Crippen molar-refractivity contribution in [3.63, 3.8) is 0 Å². The zero-order chi connectivity index (χ0) is 17.4. The summed E-state index contributed by atoms with van der Waals surface area (Å²) in [5.41, 5.74) is 2.71. The minimum atomic E-state index is -0.283. The van der Waals surface area contributed by atoms with Crippen LogP contribution >= 0.6 is 0 Å². The zero-order valence-electron chi connectivity index (χ0n) is 14.3. The largest absolute Gasteiger partial charge is 0.495 e. The number of urea groups is 1. The Bertz CT molecular complexity index is 655. The Balaban J connectivity index is 2.12. The highest BCUT2D eigenvalue weighted by Gasteiger charge is 2.11. The molecule has 24 heavy (non-hydrogen) atoms. The minimum Gasteiger partial charge on any atom is -0.495 e. The Labute approximate surface area is 143 Å². The molecular formula is C19H24N2O3. The number of rotatable bonds is 7. The Morgan fingerprint density at radius 1 is 1.08 bits per heavy atom. The van der Waals surface area contributed by atoms with Gasteiger partial charge in [-0.1, -0.05) is 43.3 Å². The fourth-order valence-electron chi connectivity index (χ4n) is 2.38. The molecule has 2 rings (SSSR count). The third kappa shape index (κ3) is 4.73. The van der Waals surface area contributed by atoms with E-state index in [1.54, 1.807) is 14.2 Å². The quantitative estimate of drug-likeness (QED) is 0.810. The van der Waals surface area contributed by atoms with Crippen molar-refractivity contribution in [3.8, 4) is 16.9 Å². The number of carbonyl (C=O) groups is 1. The second-order valence-corrected chi connectivity index (χ2v) is 5.38. The first-order valence-electron chi connectivity index (χ1n) is 7.99. The molecule has 0 aromatic heterocycles. The van der Waals surface area contributed by atoms with E-state index in [9.17, 15) is 4.79 Å². The lowest BCUT2D eigenvalue weighted by atomic mass is 10.0. The standard InChI is InChI=1S/C19H24N2O3/c1-4-16(23-2)13-20-19(22)21-17-12-15(10-11-18(17)24-3)14-8-6-5-7-9-14/h5-12,16H,4,13H2,1-3H3,(H2,20,21,22). The SMILES string of the molecule is CCC(CNC(=O)Nc1cc(-c2ccccc2)ccc1OC)OC. The Morgan fingerprint density at radius 3 is 2.46 bits per heavy atom. The summed E-state index contributed by atoms with van der Waals surface area (Å²) in [6.07, 6.45) is 0.845. The van der Waals surface area contributed by atoms with E-state index >= 15 is 0 Å². The van der Waals surface area contributed by atoms with Gasteiger partial charge in [-0.05, 0) is 29.7 Å². The molecular weight excluding hydrogens is 304 g/mol. The first kappa shape index (κ1) is 17.8. The number of hydrogen-bond acceptors (Lipinski definition) is 3. The molecule has 2 aromatic rings. The van der Waals surface area contributed by atoms with E-state index in [1.165, 1.54) is 0 Å². The molecule has 1 atom stereocenters. The van der Waals surface area contributed by atoms with Crippen molar-refractivity contribution >= 4 is 11.7 Å². The summed E-state index contributed by atoms with van der Waals surface area (Å²) in [6.45, 7) is 2.47. The molecule has 0 saturated heterocycles. The van der Waals surface area contributed by atoms with Crippen LogP contribution in [0.4, 0.5) is 10.5 Å². The number of nitrogens with one attached hydrogen (secondary N) is 2. The van der Waals surface area contributed by atoms with Crippen LogP contribution in [0.5, 0.6) is 5.75 Å². The summed E-state index contributed by atoms with van der Waals surface area (Å²) in [5.74, 6) is 0.614. The molecule has 2 aromatic carbocycles. The molecule has 2 amide bonds. The summed E-state index contributed by atoms with van der Waals surface area (Å²) >= 11 is 0. The van der Waals surface area contributed by atoms with Gasteiger partial charge in [-0.15, -0.1) is 0 Å². The lowest BCUT2D eigenvalue weighted by Gasteiger charge is -2.16. The van der Waals surface area contributed by atoms with Crippen molar-refractivity contribution < 1.29 is 14.3 Å². The molecule has 0 spiro atoms. The smallest absolute Gasteiger partial charge is 0.319 e. The van der Waals surface area contributed by atoms with E-state index in [0.29, 0.717) is 18.0 Å². The van der Waals surface area contributed by atoms with Crippen molar-refractivity contribution in [1.82, 2.24) is 5.32 Å².